The topological polar surface area (TPSA) is 120 Å². The molecular weight excluding hydrogens is 530 g/mol. The summed E-state index contributed by atoms with van der Waals surface area (Å²) < 4.78 is 15.4. The molecule has 0 fully saturated rings. The Hall–Kier alpha value is -3.40. The van der Waals surface area contributed by atoms with Gasteiger partial charge in [0.25, 0.3) is 0 Å². The van der Waals surface area contributed by atoms with Gasteiger partial charge in [-0.05, 0) is 51.8 Å². The molecule has 2 N–H and O–H groups in total. The van der Waals surface area contributed by atoms with Gasteiger partial charge in [0.1, 0.15) is 11.6 Å². The van der Waals surface area contributed by atoms with Crippen molar-refractivity contribution in [2.24, 2.45) is 5.41 Å². The second-order valence-electron chi connectivity index (χ2n) is 11.2. The number of alkyl carbamates (subject to hydrolysis) is 1. The highest BCUT2D eigenvalue weighted by Crippen LogP contribution is 2.33. The first-order valence-corrected chi connectivity index (χ1v) is 14.3. The van der Waals surface area contributed by atoms with Crippen LogP contribution >= 0.6 is 11.3 Å². The van der Waals surface area contributed by atoms with Crippen LogP contribution in [-0.4, -0.2) is 53.4 Å². The maximum atomic E-state index is 12.3. The molecule has 1 amide bonds. The molecule has 0 spiro atoms. The second kappa shape index (κ2) is 13.8. The number of aromatic amines is 1. The smallest absolute Gasteiger partial charge is 0.408 e. The van der Waals surface area contributed by atoms with Crippen LogP contribution in [0, 0.1) is 12.3 Å². The lowest BCUT2D eigenvalue weighted by Gasteiger charge is -2.24. The Morgan fingerprint density at radius 3 is 2.40 bits per heavy atom. The standard InChI is InChI=1S/C28H37N3O6S.C2H6/c1-16-20(13-28(6,7)15-36-17(2)32)19-11-18(9-10-21(19)29-16)23-14-38-24(30-23)12-22(25(33)35-8)31-26(34)37-27(3,4)5;1-2/h9-11,14,22,29H,12-13,15H2,1-8H3,(H,31,34);1-2H3. The van der Waals surface area contributed by atoms with Gasteiger partial charge in [0, 0.05) is 46.3 Å². The van der Waals surface area contributed by atoms with Crippen LogP contribution < -0.4 is 5.32 Å². The van der Waals surface area contributed by atoms with E-state index in [1.54, 1.807) is 20.8 Å². The molecule has 0 aliphatic carbocycles. The van der Waals surface area contributed by atoms with Gasteiger partial charge in [-0.3, -0.25) is 4.79 Å². The summed E-state index contributed by atoms with van der Waals surface area (Å²) >= 11 is 1.41. The first-order valence-electron chi connectivity index (χ1n) is 13.4. The van der Waals surface area contributed by atoms with Crippen LogP contribution in [0.3, 0.4) is 0 Å². The zero-order chi connectivity index (χ0) is 30.3. The molecule has 0 saturated carbocycles. The summed E-state index contributed by atoms with van der Waals surface area (Å²) in [4.78, 5) is 44.1. The quantitative estimate of drug-likeness (QED) is 0.226. The van der Waals surface area contributed by atoms with Crippen LogP contribution in [-0.2, 0) is 36.6 Å². The molecule has 0 bridgehead atoms. The Kier molecular flexibility index (Phi) is 11.3. The summed E-state index contributed by atoms with van der Waals surface area (Å²) in [6.45, 7) is 17.2. The van der Waals surface area contributed by atoms with E-state index in [-0.39, 0.29) is 17.8 Å². The lowest BCUT2D eigenvalue weighted by Crippen LogP contribution is -2.45. The molecule has 1 aromatic carbocycles. The number of fused-ring (bicyclic) bond motifs is 1. The predicted octanol–water partition coefficient (Wildman–Crippen LogP) is 6.37. The number of thiazole rings is 1. The Morgan fingerprint density at radius 2 is 1.80 bits per heavy atom. The van der Waals surface area contributed by atoms with Crippen LogP contribution in [0.25, 0.3) is 22.2 Å². The number of esters is 2. The van der Waals surface area contributed by atoms with Gasteiger partial charge in [-0.25, -0.2) is 14.6 Å². The largest absolute Gasteiger partial charge is 0.467 e. The monoisotopic (exact) mass is 573 g/mol. The first-order chi connectivity index (χ1) is 18.7. The first kappa shape index (κ1) is 32.8. The number of nitrogens with one attached hydrogen (secondary N) is 2. The Balaban J connectivity index is 0.00000274. The second-order valence-corrected chi connectivity index (χ2v) is 12.1. The van der Waals surface area contributed by atoms with Crippen LogP contribution in [0.5, 0.6) is 0 Å². The molecule has 0 saturated heterocycles. The lowest BCUT2D eigenvalue weighted by atomic mass is 9.85. The zero-order valence-electron chi connectivity index (χ0n) is 25.3. The van der Waals surface area contributed by atoms with E-state index in [0.717, 1.165) is 34.3 Å². The van der Waals surface area contributed by atoms with Crippen molar-refractivity contribution in [3.63, 3.8) is 0 Å². The molecule has 0 radical (unpaired) electrons. The van der Waals surface area contributed by atoms with Crippen LogP contribution in [0.1, 0.15) is 71.7 Å². The molecule has 10 heteroatoms. The van der Waals surface area contributed by atoms with Crippen molar-refractivity contribution >= 4 is 40.3 Å². The zero-order valence-corrected chi connectivity index (χ0v) is 26.1. The Labute approximate surface area is 241 Å². The number of rotatable bonds is 9. The average molecular weight is 574 g/mol. The molecule has 0 aliphatic rings. The molecule has 0 aliphatic heterocycles. The van der Waals surface area contributed by atoms with E-state index in [9.17, 15) is 14.4 Å². The molecule has 1 atom stereocenters. The van der Waals surface area contributed by atoms with Gasteiger partial charge >= 0.3 is 18.0 Å². The summed E-state index contributed by atoms with van der Waals surface area (Å²) in [5, 5.41) is 6.29. The summed E-state index contributed by atoms with van der Waals surface area (Å²) in [5.41, 5.74) is 4.04. The fourth-order valence-corrected chi connectivity index (χ4v) is 4.94. The number of aromatic nitrogens is 2. The summed E-state index contributed by atoms with van der Waals surface area (Å²) in [7, 11) is 1.28. The van der Waals surface area contributed by atoms with Gasteiger partial charge in [-0.15, -0.1) is 11.3 Å². The number of benzene rings is 1. The molecule has 40 heavy (non-hydrogen) atoms. The van der Waals surface area contributed by atoms with Crippen molar-refractivity contribution < 1.29 is 28.6 Å². The molecule has 3 aromatic rings. The van der Waals surface area contributed by atoms with Crippen molar-refractivity contribution in [3.05, 3.63) is 39.8 Å². The molecule has 2 aromatic heterocycles. The summed E-state index contributed by atoms with van der Waals surface area (Å²) in [6, 6.07) is 5.21. The molecule has 9 nitrogen and oxygen atoms in total. The van der Waals surface area contributed by atoms with Crippen LogP contribution in [0.2, 0.25) is 0 Å². The van der Waals surface area contributed by atoms with E-state index < -0.39 is 23.7 Å². The highest BCUT2D eigenvalue weighted by molar-refractivity contribution is 7.10. The number of hydrogen-bond acceptors (Lipinski definition) is 8. The van der Waals surface area contributed by atoms with E-state index in [4.69, 9.17) is 19.2 Å². The molecule has 220 valence electrons. The maximum Gasteiger partial charge on any atom is 0.408 e. The van der Waals surface area contributed by atoms with Gasteiger partial charge in [-0.2, -0.15) is 0 Å². The fourth-order valence-electron chi connectivity index (χ4n) is 4.09. The highest BCUT2D eigenvalue weighted by atomic mass is 32.1. The number of nitrogens with zero attached hydrogens (tertiary/aromatic N) is 1. The van der Waals surface area contributed by atoms with Gasteiger partial charge in [-0.1, -0.05) is 33.8 Å². The summed E-state index contributed by atoms with van der Waals surface area (Å²) in [6.07, 6.45) is 0.217. The third-order valence-corrected chi connectivity index (χ3v) is 6.72. The van der Waals surface area contributed by atoms with E-state index >= 15 is 0 Å². The van der Waals surface area contributed by atoms with Crippen LogP contribution in [0.15, 0.2) is 23.6 Å². The number of ether oxygens (including phenoxy) is 3. The van der Waals surface area contributed by atoms with E-state index in [1.807, 2.05) is 38.3 Å². The SMILES string of the molecule is CC.COC(=O)C(Cc1nc(-c2ccc3[nH]c(C)c(CC(C)(C)COC(C)=O)c3c2)cs1)NC(=O)OC(C)(C)C. The van der Waals surface area contributed by atoms with E-state index in [1.165, 1.54) is 30.9 Å². The fraction of sp³-hybridized carbons (Fsp3) is 0.533. The highest BCUT2D eigenvalue weighted by Gasteiger charge is 2.27. The van der Waals surface area contributed by atoms with Gasteiger partial charge < -0.3 is 24.5 Å². The van der Waals surface area contributed by atoms with Crippen molar-refractivity contribution in [1.82, 2.24) is 15.3 Å². The van der Waals surface area contributed by atoms with Crippen molar-refractivity contribution in [1.29, 1.82) is 0 Å². The number of amides is 1. The lowest BCUT2D eigenvalue weighted by molar-refractivity contribution is -0.144. The number of methoxy groups -OCH3 is 1. The number of aryl methyl sites for hydroxylation is 1. The third kappa shape index (κ3) is 9.36. The number of carbonyl (C=O) groups excluding carboxylic acids is 3. The molecule has 3 rings (SSSR count). The minimum absolute atomic E-state index is 0.178. The minimum Gasteiger partial charge on any atom is -0.467 e. The van der Waals surface area contributed by atoms with Gasteiger partial charge in [0.15, 0.2) is 0 Å². The van der Waals surface area contributed by atoms with Crippen LogP contribution in [0.4, 0.5) is 4.79 Å². The molecule has 1 unspecified atom stereocenters. The predicted molar refractivity (Wildman–Crippen MR) is 158 cm³/mol. The van der Waals surface area contributed by atoms with E-state index in [0.29, 0.717) is 11.6 Å². The van der Waals surface area contributed by atoms with Crippen molar-refractivity contribution in [2.45, 2.75) is 86.8 Å². The Morgan fingerprint density at radius 1 is 1.12 bits per heavy atom. The number of H-pyrrole nitrogens is 1. The van der Waals surface area contributed by atoms with Gasteiger partial charge in [0.05, 0.1) is 24.4 Å². The third-order valence-electron chi connectivity index (χ3n) is 5.84. The van der Waals surface area contributed by atoms with Crippen molar-refractivity contribution in [3.8, 4) is 11.3 Å². The van der Waals surface area contributed by atoms with E-state index in [2.05, 4.69) is 30.2 Å². The molecular formula is C30H43N3O6S. The normalized spacial score (nSPS) is 12.2. The summed E-state index contributed by atoms with van der Waals surface area (Å²) in [5.74, 6) is -0.857. The maximum absolute atomic E-state index is 12.3. The number of carbonyl (C=O) groups is 3. The number of hydrogen-bond donors (Lipinski definition) is 2. The minimum atomic E-state index is -0.922. The average Bonchev–Trinajstić information content (AvgIpc) is 3.45. The Bertz CT molecular complexity index is 1320. The molecule has 2 heterocycles. The van der Waals surface area contributed by atoms with Crippen molar-refractivity contribution in [2.75, 3.05) is 13.7 Å². The van der Waals surface area contributed by atoms with Gasteiger partial charge in [0.2, 0.25) is 0 Å².